The molecule has 15 nitrogen and oxygen atoms in total. The van der Waals surface area contributed by atoms with Gasteiger partial charge in [0.15, 0.2) is 32.1 Å². The number of phenolic OH excluding ortho intramolecular Hbond substituents is 2. The van der Waals surface area contributed by atoms with E-state index in [9.17, 15) is 9.90 Å². The lowest BCUT2D eigenvalue weighted by molar-refractivity contribution is -0.136. The van der Waals surface area contributed by atoms with Crippen LogP contribution in [0.2, 0.25) is 20.6 Å². The Bertz CT molecular complexity index is 3070. The highest BCUT2D eigenvalue weighted by atomic mass is 79.9. The smallest absolute Gasteiger partial charge is 0.303 e. The van der Waals surface area contributed by atoms with Gasteiger partial charge in [-0.1, -0.05) is 100 Å². The van der Waals surface area contributed by atoms with Crippen LogP contribution in [0.15, 0.2) is 106 Å². The molecule has 25 heteroatoms. The molecule has 7 rings (SSSR count). The first-order valence-electron chi connectivity index (χ1n) is 24.8. The number of carbonyl (C=O) groups is 1. The maximum atomic E-state index is 10.7. The van der Waals surface area contributed by atoms with Gasteiger partial charge in [-0.2, -0.15) is 0 Å². The normalized spacial score (nSPS) is 10.7. The molecule has 0 spiro atoms. The molecule has 0 saturated heterocycles. The lowest BCUT2D eigenvalue weighted by Gasteiger charge is -2.13. The molecular formula is C56H60Br6Cl4N6O9. The third kappa shape index (κ3) is 25.4. The van der Waals surface area contributed by atoms with Crippen LogP contribution in [0.1, 0.15) is 118 Å². The molecule has 0 bridgehead atoms. The van der Waals surface area contributed by atoms with E-state index >= 15 is 0 Å². The van der Waals surface area contributed by atoms with Gasteiger partial charge in [0.25, 0.3) is 0 Å². The maximum Gasteiger partial charge on any atom is 0.303 e. The van der Waals surface area contributed by atoms with Gasteiger partial charge in [0, 0.05) is 38.4 Å². The Morgan fingerprint density at radius 1 is 0.469 bits per heavy atom. The topological polar surface area (TPSA) is 234 Å². The Morgan fingerprint density at radius 2 is 0.827 bits per heavy atom. The van der Waals surface area contributed by atoms with E-state index in [2.05, 4.69) is 126 Å². The van der Waals surface area contributed by atoms with Crippen LogP contribution in [0, 0.1) is 0 Å². The van der Waals surface area contributed by atoms with Crippen LogP contribution >= 0.6 is 142 Å². The number of aryl methyl sites for hydroxylation is 3. The summed E-state index contributed by atoms with van der Waals surface area (Å²) in [5.74, 6) is 2.30. The van der Waals surface area contributed by atoms with Crippen molar-refractivity contribution in [2.45, 2.75) is 104 Å². The Morgan fingerprint density at radius 3 is 1.17 bits per heavy atom. The molecule has 0 radical (unpaired) electrons. The fourth-order valence-corrected chi connectivity index (χ4v) is 12.0. The van der Waals surface area contributed by atoms with Crippen molar-refractivity contribution >= 4 is 148 Å². The molecule has 0 saturated carbocycles. The Labute approximate surface area is 542 Å². The van der Waals surface area contributed by atoms with Crippen molar-refractivity contribution in [3.8, 4) is 34.8 Å². The minimum atomic E-state index is -0.833. The number of phenols is 2. The first-order valence-corrected chi connectivity index (χ1v) is 31.1. The van der Waals surface area contributed by atoms with E-state index in [-0.39, 0.29) is 49.6 Å². The van der Waals surface area contributed by atoms with Gasteiger partial charge >= 0.3 is 5.97 Å². The molecule has 7 aromatic rings. The number of aromatic hydroxyl groups is 2. The molecule has 3 aromatic heterocycles. The summed E-state index contributed by atoms with van der Waals surface area (Å²) in [6, 6.07) is 23.5. The van der Waals surface area contributed by atoms with Crippen LogP contribution in [0.5, 0.6) is 34.8 Å². The van der Waals surface area contributed by atoms with Crippen molar-refractivity contribution in [2.75, 3.05) is 19.8 Å². The number of rotatable bonds is 18. The second kappa shape index (κ2) is 37.2. The van der Waals surface area contributed by atoms with Crippen LogP contribution in [0.25, 0.3) is 0 Å². The summed E-state index contributed by atoms with van der Waals surface area (Å²) in [6.45, 7) is 12.7. The summed E-state index contributed by atoms with van der Waals surface area (Å²) < 4.78 is 16.1. The molecule has 81 heavy (non-hydrogen) atoms. The average molecular weight is 1580 g/mol. The zero-order chi connectivity index (χ0) is 60.5. The van der Waals surface area contributed by atoms with Crippen molar-refractivity contribution in [3.05, 3.63) is 165 Å². The molecule has 0 fully saturated rings. The fraction of sp³-hybridized carbons (Fsp3) is 0.339. The van der Waals surface area contributed by atoms with Crippen LogP contribution in [0.3, 0.4) is 0 Å². The van der Waals surface area contributed by atoms with E-state index < -0.39 is 5.97 Å². The molecule has 0 atom stereocenters. The second-order valence-corrected chi connectivity index (χ2v) is 24.9. The van der Waals surface area contributed by atoms with Gasteiger partial charge in [0.1, 0.15) is 11.5 Å². The van der Waals surface area contributed by atoms with Gasteiger partial charge < -0.3 is 40.1 Å². The molecule has 438 valence electrons. The molecule has 0 aliphatic rings. The number of carboxylic acids is 1. The third-order valence-electron chi connectivity index (χ3n) is 10.9. The number of aliphatic hydroxyl groups excluding tert-OH is 3. The van der Waals surface area contributed by atoms with Crippen LogP contribution in [-0.2, 0) is 30.5 Å². The molecule has 6 N–H and O–H groups in total. The van der Waals surface area contributed by atoms with Crippen molar-refractivity contribution < 1.29 is 44.9 Å². The highest BCUT2D eigenvalue weighted by Crippen LogP contribution is 2.40. The van der Waals surface area contributed by atoms with E-state index in [4.69, 9.17) is 81.4 Å². The first kappa shape index (κ1) is 72.0. The van der Waals surface area contributed by atoms with Crippen molar-refractivity contribution in [1.82, 2.24) is 30.6 Å². The molecule has 0 aliphatic heterocycles. The Kier molecular flexibility index (Phi) is 33.1. The van der Waals surface area contributed by atoms with Gasteiger partial charge in [0.05, 0.1) is 26.8 Å². The number of halogens is 10. The number of benzene rings is 4. The predicted octanol–water partition coefficient (Wildman–Crippen LogP) is 17.8. The quantitative estimate of drug-likeness (QED) is 0.0469. The number of aliphatic hydroxyl groups is 3. The van der Waals surface area contributed by atoms with Crippen LogP contribution in [-0.4, -0.2) is 87.0 Å². The molecule has 0 aliphatic carbocycles. The SMILES string of the molecule is CC(C)c1cc(Cl)nnc1Cl.CC(C)c1cc(Oc2c(Br)cc(CCC(=O)O)cc2Br)nnc1Cl.CC(C)c1cc(Oc2c(Br)cc(CCCO)cc2Br)nnc1Cl.OCCCc1cc(Br)c(O)c(Br)c1.OCCc1ccc(O)cc1. The number of carboxylic acid groups (broad SMARTS) is 1. The third-order valence-corrected chi connectivity index (χ3v) is 15.6. The summed E-state index contributed by atoms with van der Waals surface area (Å²) in [7, 11) is 0. The van der Waals surface area contributed by atoms with E-state index in [0.29, 0.717) is 80.5 Å². The predicted molar refractivity (Wildman–Crippen MR) is 341 cm³/mol. The number of hydrogen-bond donors (Lipinski definition) is 6. The molecule has 0 amide bonds. The summed E-state index contributed by atoms with van der Waals surface area (Å²) in [5.41, 5.74) is 6.80. The van der Waals surface area contributed by atoms with Gasteiger partial charge in [-0.05, 0) is 245 Å². The van der Waals surface area contributed by atoms with Crippen molar-refractivity contribution in [3.63, 3.8) is 0 Å². The number of aliphatic carboxylic acids is 1. The largest absolute Gasteiger partial charge is 0.508 e. The number of nitrogens with zero attached hydrogens (tertiary/aromatic N) is 6. The Hall–Kier alpha value is -3.29. The van der Waals surface area contributed by atoms with E-state index in [1.807, 2.05) is 77.9 Å². The van der Waals surface area contributed by atoms with Gasteiger partial charge in [-0.3, -0.25) is 4.79 Å². The number of hydrogen-bond acceptors (Lipinski definition) is 14. The second-order valence-electron chi connectivity index (χ2n) is 18.3. The maximum absolute atomic E-state index is 10.7. The summed E-state index contributed by atoms with van der Waals surface area (Å²) in [4.78, 5) is 10.7. The lowest BCUT2D eigenvalue weighted by atomic mass is 10.1. The first-order chi connectivity index (χ1) is 38.3. The average Bonchev–Trinajstić information content (AvgIpc) is 3.45. The molecule has 3 heterocycles. The van der Waals surface area contributed by atoms with Crippen molar-refractivity contribution in [2.24, 2.45) is 0 Å². The fourth-order valence-electron chi connectivity index (χ4n) is 6.71. The standard InChI is InChI=1S/C16H15Br2ClN2O3.C16H17Br2ClN2O2.C9H10Br2O2.C8H10O2.C7H8Cl2N2/c1-8(2)10-7-13(20-21-16(10)19)24-15-11(17)5-9(6-12(15)18)3-4-14(22)23;1-9(2)11-8-14(20-21-16(11)19)23-15-12(17)6-10(4-3-5-22)7-13(15)18;10-7-4-6(2-1-3-12)5-8(11)9(7)13;9-6-5-7-1-3-8(10)4-2-7;1-4(2)5-3-6(8)10-11-7(5)9/h5-8H,3-4H2,1-2H3,(H,22,23);6-9,22H,3-5H2,1-2H3;4-5,12-13H,1-3H2;1-4,9-10H,5-6H2;3-4H,1-2H3. The van der Waals surface area contributed by atoms with E-state index in [1.165, 1.54) is 0 Å². The van der Waals surface area contributed by atoms with E-state index in [0.717, 1.165) is 73.6 Å². The zero-order valence-corrected chi connectivity index (χ0v) is 57.2. The minimum absolute atomic E-state index is 0.0689. The van der Waals surface area contributed by atoms with Gasteiger partial charge in [0.2, 0.25) is 11.8 Å². The Balaban J connectivity index is 0.000000278. The summed E-state index contributed by atoms with van der Waals surface area (Å²) >= 11 is 43.9. The summed E-state index contributed by atoms with van der Waals surface area (Å²) in [5, 5.41) is 77.8. The number of aromatic nitrogens is 6. The summed E-state index contributed by atoms with van der Waals surface area (Å²) in [6.07, 6.45) is 4.23. The highest BCUT2D eigenvalue weighted by molar-refractivity contribution is 9.12. The molecule has 4 aromatic carbocycles. The molecule has 0 unspecified atom stereocenters. The van der Waals surface area contributed by atoms with E-state index in [1.54, 1.807) is 42.5 Å². The monoisotopic (exact) mass is 1570 g/mol. The van der Waals surface area contributed by atoms with Gasteiger partial charge in [-0.15, -0.1) is 30.6 Å². The lowest BCUT2D eigenvalue weighted by Crippen LogP contribution is -2.00. The molecular weight excluding hydrogens is 1520 g/mol. The zero-order valence-electron chi connectivity index (χ0n) is 44.7. The number of ether oxygens (including phenoxy) is 2. The van der Waals surface area contributed by atoms with Crippen LogP contribution in [0.4, 0.5) is 0 Å². The minimum Gasteiger partial charge on any atom is -0.508 e. The van der Waals surface area contributed by atoms with Gasteiger partial charge in [-0.25, -0.2) is 0 Å². The van der Waals surface area contributed by atoms with Crippen molar-refractivity contribution in [1.29, 1.82) is 0 Å². The van der Waals surface area contributed by atoms with Crippen LogP contribution < -0.4 is 9.47 Å². The highest BCUT2D eigenvalue weighted by Gasteiger charge is 2.17.